The number of fused-ring (bicyclic) bond motifs is 1. The summed E-state index contributed by atoms with van der Waals surface area (Å²) in [4.78, 5) is 12.7. The van der Waals surface area contributed by atoms with Gasteiger partial charge in [0.15, 0.2) is 9.84 Å². The van der Waals surface area contributed by atoms with Gasteiger partial charge in [0.2, 0.25) is 5.91 Å². The molecule has 1 aliphatic heterocycles. The van der Waals surface area contributed by atoms with E-state index in [4.69, 9.17) is 4.52 Å². The number of benzene rings is 1. The van der Waals surface area contributed by atoms with Gasteiger partial charge in [-0.25, -0.2) is 8.42 Å². The van der Waals surface area contributed by atoms with Crippen LogP contribution >= 0.6 is 0 Å². The highest BCUT2D eigenvalue weighted by Gasteiger charge is 2.35. The summed E-state index contributed by atoms with van der Waals surface area (Å²) in [6.45, 7) is 5.61. The summed E-state index contributed by atoms with van der Waals surface area (Å²) in [7, 11) is -3.33. The SMILES string of the molecule is Cc1noc(C)c1C(C)CC(=O)NC1CS(=O)(=O)c2ccccc21. The van der Waals surface area contributed by atoms with Gasteiger partial charge in [-0.1, -0.05) is 30.3 Å². The van der Waals surface area contributed by atoms with Crippen LogP contribution in [0.2, 0.25) is 0 Å². The van der Waals surface area contributed by atoms with Crippen molar-refractivity contribution < 1.29 is 17.7 Å². The minimum atomic E-state index is -3.33. The van der Waals surface area contributed by atoms with Crippen molar-refractivity contribution >= 4 is 15.7 Å². The fourth-order valence-electron chi connectivity index (χ4n) is 3.40. The predicted molar refractivity (Wildman–Crippen MR) is 88.4 cm³/mol. The zero-order valence-corrected chi connectivity index (χ0v) is 14.7. The lowest BCUT2D eigenvalue weighted by atomic mass is 9.95. The van der Waals surface area contributed by atoms with Crippen LogP contribution in [-0.4, -0.2) is 25.2 Å². The van der Waals surface area contributed by atoms with Gasteiger partial charge in [-0.15, -0.1) is 0 Å². The van der Waals surface area contributed by atoms with Crippen molar-refractivity contribution in [1.29, 1.82) is 0 Å². The zero-order valence-electron chi connectivity index (χ0n) is 13.9. The van der Waals surface area contributed by atoms with E-state index >= 15 is 0 Å². The van der Waals surface area contributed by atoms with Crippen molar-refractivity contribution in [2.45, 2.75) is 44.0 Å². The van der Waals surface area contributed by atoms with Crippen molar-refractivity contribution in [3.63, 3.8) is 0 Å². The van der Waals surface area contributed by atoms with Gasteiger partial charge >= 0.3 is 0 Å². The first-order valence-electron chi connectivity index (χ1n) is 7.83. The predicted octanol–water partition coefficient (Wildman–Crippen LogP) is 2.43. The fraction of sp³-hybridized carbons (Fsp3) is 0.412. The number of carbonyl (C=O) groups excluding carboxylic acids is 1. The molecule has 24 heavy (non-hydrogen) atoms. The molecule has 0 radical (unpaired) electrons. The number of hydrogen-bond donors (Lipinski definition) is 1. The molecule has 1 amide bonds. The molecule has 128 valence electrons. The van der Waals surface area contributed by atoms with Crippen LogP contribution in [0.25, 0.3) is 0 Å². The molecule has 6 nitrogen and oxygen atoms in total. The van der Waals surface area contributed by atoms with Gasteiger partial charge in [-0.2, -0.15) is 0 Å². The lowest BCUT2D eigenvalue weighted by Gasteiger charge is -2.15. The van der Waals surface area contributed by atoms with Gasteiger partial charge in [-0.05, 0) is 31.4 Å². The Kier molecular flexibility index (Phi) is 4.21. The second kappa shape index (κ2) is 6.05. The standard InChI is InChI=1S/C17H20N2O4S/c1-10(17-11(2)19-23-12(17)3)8-16(20)18-14-9-24(21,22)15-7-5-4-6-13(14)15/h4-7,10,14H,8-9H2,1-3H3,(H,18,20). The molecule has 2 unspecified atom stereocenters. The summed E-state index contributed by atoms with van der Waals surface area (Å²) in [6.07, 6.45) is 0.252. The average Bonchev–Trinajstić information content (AvgIpc) is 2.97. The Morgan fingerprint density at radius 3 is 2.75 bits per heavy atom. The highest BCUT2D eigenvalue weighted by molar-refractivity contribution is 7.91. The molecule has 2 aromatic rings. The van der Waals surface area contributed by atoms with Gasteiger partial charge in [-0.3, -0.25) is 4.79 Å². The van der Waals surface area contributed by atoms with Crippen LogP contribution in [0.15, 0.2) is 33.7 Å². The van der Waals surface area contributed by atoms with Crippen molar-refractivity contribution in [3.05, 3.63) is 46.8 Å². The topological polar surface area (TPSA) is 89.3 Å². The molecule has 0 fully saturated rings. The molecule has 2 atom stereocenters. The van der Waals surface area contributed by atoms with Crippen LogP contribution in [0.1, 0.15) is 47.9 Å². The fourth-order valence-corrected chi connectivity index (χ4v) is 5.13. The minimum Gasteiger partial charge on any atom is -0.361 e. The van der Waals surface area contributed by atoms with E-state index < -0.39 is 15.9 Å². The number of aromatic nitrogens is 1. The number of sulfone groups is 1. The molecule has 0 aliphatic carbocycles. The number of carbonyl (C=O) groups is 1. The molecule has 0 bridgehead atoms. The highest BCUT2D eigenvalue weighted by atomic mass is 32.2. The first-order chi connectivity index (χ1) is 11.3. The maximum absolute atomic E-state index is 12.4. The van der Waals surface area contributed by atoms with E-state index in [0.29, 0.717) is 16.2 Å². The van der Waals surface area contributed by atoms with Gasteiger partial charge in [0.25, 0.3) is 0 Å². The molecule has 2 heterocycles. The molecule has 1 aromatic carbocycles. The van der Waals surface area contributed by atoms with E-state index in [2.05, 4.69) is 10.5 Å². The van der Waals surface area contributed by atoms with Gasteiger partial charge in [0.05, 0.1) is 22.4 Å². The summed E-state index contributed by atoms with van der Waals surface area (Å²) >= 11 is 0. The first kappa shape index (κ1) is 16.7. The normalized spacial score (nSPS) is 19.7. The molecule has 0 saturated heterocycles. The van der Waals surface area contributed by atoms with Gasteiger partial charge in [0, 0.05) is 12.0 Å². The number of hydrogen-bond acceptors (Lipinski definition) is 5. The number of rotatable bonds is 4. The quantitative estimate of drug-likeness (QED) is 0.916. The van der Waals surface area contributed by atoms with Crippen molar-refractivity contribution in [2.75, 3.05) is 5.75 Å². The Labute approximate surface area is 141 Å². The Hall–Kier alpha value is -2.15. The van der Waals surface area contributed by atoms with Crippen molar-refractivity contribution in [3.8, 4) is 0 Å². The average molecular weight is 348 g/mol. The van der Waals surface area contributed by atoms with E-state index in [9.17, 15) is 13.2 Å². The largest absolute Gasteiger partial charge is 0.361 e. The van der Waals surface area contributed by atoms with Gasteiger partial charge in [0.1, 0.15) is 5.76 Å². The Bertz CT molecular complexity index is 866. The minimum absolute atomic E-state index is 0.0514. The van der Waals surface area contributed by atoms with Crippen LogP contribution in [0.4, 0.5) is 0 Å². The molecule has 1 aliphatic rings. The maximum atomic E-state index is 12.4. The number of aryl methyl sites for hydroxylation is 2. The number of nitrogens with zero attached hydrogens (tertiary/aromatic N) is 1. The van der Waals surface area contributed by atoms with Crippen LogP contribution in [0.5, 0.6) is 0 Å². The maximum Gasteiger partial charge on any atom is 0.221 e. The molecule has 7 heteroatoms. The van der Waals surface area contributed by atoms with E-state index in [1.165, 1.54) is 0 Å². The highest BCUT2D eigenvalue weighted by Crippen LogP contribution is 2.33. The molecule has 1 aromatic heterocycles. The Morgan fingerprint density at radius 1 is 1.38 bits per heavy atom. The lowest BCUT2D eigenvalue weighted by molar-refractivity contribution is -0.122. The second-order valence-electron chi connectivity index (χ2n) is 6.28. The Morgan fingerprint density at radius 2 is 2.08 bits per heavy atom. The lowest BCUT2D eigenvalue weighted by Crippen LogP contribution is -2.30. The van der Waals surface area contributed by atoms with E-state index in [1.807, 2.05) is 20.8 Å². The third-order valence-electron chi connectivity index (χ3n) is 4.42. The summed E-state index contributed by atoms with van der Waals surface area (Å²) in [5, 5.41) is 6.76. The van der Waals surface area contributed by atoms with Crippen LogP contribution < -0.4 is 5.32 Å². The first-order valence-corrected chi connectivity index (χ1v) is 9.48. The summed E-state index contributed by atoms with van der Waals surface area (Å²) in [5.74, 6) is 0.392. The van der Waals surface area contributed by atoms with E-state index in [0.717, 1.165) is 11.3 Å². The monoisotopic (exact) mass is 348 g/mol. The molecule has 1 N–H and O–H groups in total. The number of nitrogens with one attached hydrogen (secondary N) is 1. The van der Waals surface area contributed by atoms with Crippen LogP contribution in [0, 0.1) is 13.8 Å². The molecule has 0 spiro atoms. The third-order valence-corrected chi connectivity index (χ3v) is 6.24. The molecular weight excluding hydrogens is 328 g/mol. The van der Waals surface area contributed by atoms with E-state index in [1.54, 1.807) is 24.3 Å². The molecule has 0 saturated carbocycles. The van der Waals surface area contributed by atoms with E-state index in [-0.39, 0.29) is 24.0 Å². The third kappa shape index (κ3) is 2.96. The summed E-state index contributed by atoms with van der Waals surface area (Å²) in [6, 6.07) is 6.33. The van der Waals surface area contributed by atoms with Crippen LogP contribution in [-0.2, 0) is 14.6 Å². The van der Waals surface area contributed by atoms with Crippen molar-refractivity contribution in [2.24, 2.45) is 0 Å². The second-order valence-corrected chi connectivity index (χ2v) is 8.29. The molecule has 3 rings (SSSR count). The van der Waals surface area contributed by atoms with Crippen LogP contribution in [0.3, 0.4) is 0 Å². The molecular formula is C17H20N2O4S. The van der Waals surface area contributed by atoms with Crippen molar-refractivity contribution in [1.82, 2.24) is 10.5 Å². The number of amides is 1. The zero-order chi connectivity index (χ0) is 17.5. The van der Waals surface area contributed by atoms with Gasteiger partial charge < -0.3 is 9.84 Å². The summed E-state index contributed by atoms with van der Waals surface area (Å²) < 4.78 is 29.5. The summed E-state index contributed by atoms with van der Waals surface area (Å²) in [5.41, 5.74) is 2.38. The smallest absolute Gasteiger partial charge is 0.221 e. The Balaban J connectivity index is 1.73.